The van der Waals surface area contributed by atoms with Crippen molar-refractivity contribution >= 4 is 8.73 Å². The van der Waals surface area contributed by atoms with E-state index in [4.69, 9.17) is 5.73 Å². The lowest BCUT2D eigenvalue weighted by Crippen LogP contribution is -2.15. The van der Waals surface area contributed by atoms with Gasteiger partial charge in [0.1, 0.15) is 0 Å². The Morgan fingerprint density at radius 2 is 2.09 bits per heavy atom. The third-order valence-electron chi connectivity index (χ3n) is 1.45. The molecule has 0 spiro atoms. The average molecular weight is 177 g/mol. The average Bonchev–Trinajstić information content (AvgIpc) is 2.03. The molecular weight excluding hydrogens is 157 g/mol. The largest absolute Gasteiger partial charge is 0.330 e. The van der Waals surface area contributed by atoms with Crippen molar-refractivity contribution < 1.29 is 0 Å². The minimum atomic E-state index is 0.832. The third-order valence-corrected chi connectivity index (χ3v) is 2.23. The Hall–Kier alpha value is 0.310. The van der Waals surface area contributed by atoms with Gasteiger partial charge in [-0.25, -0.2) is 0 Å². The zero-order valence-electron chi connectivity index (χ0n) is 7.32. The van der Waals surface area contributed by atoms with Crippen LogP contribution in [0.5, 0.6) is 0 Å². The van der Waals surface area contributed by atoms with Crippen LogP contribution in [-0.4, -0.2) is 26.4 Å². The molecule has 4 heteroatoms. The van der Waals surface area contributed by atoms with Gasteiger partial charge >= 0.3 is 0 Å². The van der Waals surface area contributed by atoms with Crippen molar-refractivity contribution in [3.63, 3.8) is 0 Å². The summed E-state index contributed by atoms with van der Waals surface area (Å²) < 4.78 is 0. The van der Waals surface area contributed by atoms with Gasteiger partial charge in [-0.15, -0.1) is 0 Å². The van der Waals surface area contributed by atoms with Crippen LogP contribution in [0, 0.1) is 0 Å². The molecular formula is C7H20N3P. The smallest absolute Gasteiger partial charge is 0.0260 e. The number of rotatable bonds is 8. The van der Waals surface area contributed by atoms with E-state index in [1.165, 1.54) is 12.8 Å². The van der Waals surface area contributed by atoms with Crippen LogP contribution in [0.15, 0.2) is 0 Å². The van der Waals surface area contributed by atoms with Crippen LogP contribution < -0.4 is 16.1 Å². The van der Waals surface area contributed by atoms with Gasteiger partial charge in [-0.3, -0.25) is 0 Å². The summed E-state index contributed by atoms with van der Waals surface area (Å²) in [5.74, 6) is 0. The first kappa shape index (κ1) is 11.3. The number of hydrogen-bond donors (Lipinski definition) is 3. The Kier molecular flexibility index (Phi) is 10.6. The fourth-order valence-electron chi connectivity index (χ4n) is 0.810. The van der Waals surface area contributed by atoms with E-state index in [0.29, 0.717) is 0 Å². The Morgan fingerprint density at radius 1 is 1.27 bits per heavy atom. The molecule has 4 N–H and O–H groups in total. The lowest BCUT2D eigenvalue weighted by atomic mass is 10.2. The lowest BCUT2D eigenvalue weighted by molar-refractivity contribution is 0.641. The Morgan fingerprint density at radius 3 is 2.73 bits per heavy atom. The molecule has 0 aromatic rings. The van der Waals surface area contributed by atoms with E-state index >= 15 is 0 Å². The van der Waals surface area contributed by atoms with E-state index < -0.39 is 0 Å². The van der Waals surface area contributed by atoms with E-state index in [1.54, 1.807) is 0 Å². The van der Waals surface area contributed by atoms with Crippen LogP contribution >= 0.6 is 8.73 Å². The van der Waals surface area contributed by atoms with Crippen molar-refractivity contribution in [2.45, 2.75) is 19.3 Å². The van der Waals surface area contributed by atoms with Crippen LogP contribution in [0.25, 0.3) is 0 Å². The van der Waals surface area contributed by atoms with Gasteiger partial charge in [-0.1, -0.05) is 6.42 Å². The third kappa shape index (κ3) is 10.3. The molecule has 0 aliphatic carbocycles. The topological polar surface area (TPSA) is 50.1 Å². The number of hydrogen-bond acceptors (Lipinski definition) is 3. The summed E-state index contributed by atoms with van der Waals surface area (Å²) >= 11 is 0. The summed E-state index contributed by atoms with van der Waals surface area (Å²) in [5.41, 5.74) is 5.36. The summed E-state index contributed by atoms with van der Waals surface area (Å²) in [5, 5.41) is 6.47. The van der Waals surface area contributed by atoms with Gasteiger partial charge in [0.05, 0.1) is 0 Å². The molecule has 0 amide bonds. The van der Waals surface area contributed by atoms with E-state index in [-0.39, 0.29) is 0 Å². The molecule has 0 rings (SSSR count). The van der Waals surface area contributed by atoms with Gasteiger partial charge in [-0.2, -0.15) is 0 Å². The minimum absolute atomic E-state index is 0.832. The maximum absolute atomic E-state index is 5.36. The van der Waals surface area contributed by atoms with Crippen LogP contribution in [0.2, 0.25) is 0 Å². The highest BCUT2D eigenvalue weighted by Crippen LogP contribution is 1.96. The second-order valence-electron chi connectivity index (χ2n) is 2.45. The lowest BCUT2D eigenvalue weighted by Gasteiger charge is -2.02. The molecule has 0 heterocycles. The highest BCUT2D eigenvalue weighted by Gasteiger charge is 1.86. The van der Waals surface area contributed by atoms with Crippen molar-refractivity contribution in [2.24, 2.45) is 5.73 Å². The first-order valence-corrected chi connectivity index (χ1v) is 5.43. The molecule has 0 saturated heterocycles. The summed E-state index contributed by atoms with van der Waals surface area (Å²) in [7, 11) is 2.82. The fraction of sp³-hybridized carbons (Fsp3) is 1.00. The molecule has 68 valence electrons. The normalized spacial score (nSPS) is 11.5. The highest BCUT2D eigenvalue weighted by atomic mass is 31.1. The Labute approximate surface area is 71.3 Å². The van der Waals surface area contributed by atoms with E-state index in [1.807, 2.05) is 7.05 Å². The minimum Gasteiger partial charge on any atom is -0.330 e. The molecule has 0 radical (unpaired) electrons. The molecule has 0 aromatic carbocycles. The van der Waals surface area contributed by atoms with Crippen molar-refractivity contribution in [3.05, 3.63) is 0 Å². The summed E-state index contributed by atoms with van der Waals surface area (Å²) in [6, 6.07) is 0. The molecule has 0 aliphatic rings. The SMILES string of the molecule is CNPCNCCCCCN. The van der Waals surface area contributed by atoms with Crippen molar-refractivity contribution in [2.75, 3.05) is 26.4 Å². The van der Waals surface area contributed by atoms with Crippen molar-refractivity contribution in [1.29, 1.82) is 0 Å². The molecule has 0 saturated carbocycles. The fourth-order valence-corrected chi connectivity index (χ4v) is 1.29. The summed E-state index contributed by atoms with van der Waals surface area (Å²) in [4.78, 5) is 0. The standard InChI is InChI=1S/C7H20N3P/c1-9-11-7-10-6-4-2-3-5-8/h9-11H,2-8H2,1H3. The molecule has 0 aromatic heterocycles. The van der Waals surface area contributed by atoms with Gasteiger partial charge in [0.15, 0.2) is 0 Å². The van der Waals surface area contributed by atoms with E-state index in [2.05, 4.69) is 10.4 Å². The number of nitrogens with two attached hydrogens (primary N) is 1. The number of nitrogens with one attached hydrogen (secondary N) is 2. The molecule has 11 heavy (non-hydrogen) atoms. The predicted molar refractivity (Wildman–Crippen MR) is 53.1 cm³/mol. The zero-order chi connectivity index (χ0) is 8.36. The summed E-state index contributed by atoms with van der Waals surface area (Å²) in [6.07, 6.45) is 4.77. The van der Waals surface area contributed by atoms with E-state index in [0.717, 1.165) is 34.5 Å². The molecule has 1 atom stereocenters. The quantitative estimate of drug-likeness (QED) is 0.373. The number of unbranched alkanes of at least 4 members (excludes halogenated alkanes) is 2. The van der Waals surface area contributed by atoms with Gasteiger partial charge < -0.3 is 16.1 Å². The van der Waals surface area contributed by atoms with Gasteiger partial charge in [0.2, 0.25) is 0 Å². The van der Waals surface area contributed by atoms with Crippen molar-refractivity contribution in [1.82, 2.24) is 10.4 Å². The maximum atomic E-state index is 5.36. The monoisotopic (exact) mass is 177 g/mol. The Balaban J connectivity index is 2.69. The Bertz CT molecular complexity index is 62.7. The van der Waals surface area contributed by atoms with Crippen molar-refractivity contribution in [3.8, 4) is 0 Å². The first-order valence-electron chi connectivity index (χ1n) is 4.22. The highest BCUT2D eigenvalue weighted by molar-refractivity contribution is 7.35. The van der Waals surface area contributed by atoms with Crippen LogP contribution in [0.1, 0.15) is 19.3 Å². The van der Waals surface area contributed by atoms with Gasteiger partial charge in [0.25, 0.3) is 0 Å². The van der Waals surface area contributed by atoms with Crippen LogP contribution in [-0.2, 0) is 0 Å². The van der Waals surface area contributed by atoms with E-state index in [9.17, 15) is 0 Å². The van der Waals surface area contributed by atoms with Crippen LogP contribution in [0.4, 0.5) is 0 Å². The first-order chi connectivity index (χ1) is 5.41. The van der Waals surface area contributed by atoms with Crippen LogP contribution in [0.3, 0.4) is 0 Å². The predicted octanol–water partition coefficient (Wildman–Crippen LogP) is 0.475. The van der Waals surface area contributed by atoms with Gasteiger partial charge in [0, 0.05) is 6.29 Å². The second-order valence-corrected chi connectivity index (χ2v) is 3.66. The summed E-state index contributed by atoms with van der Waals surface area (Å²) in [6.45, 7) is 1.97. The second kappa shape index (κ2) is 10.3. The molecule has 1 unspecified atom stereocenters. The zero-order valence-corrected chi connectivity index (χ0v) is 8.32. The van der Waals surface area contributed by atoms with Gasteiger partial charge in [-0.05, 0) is 41.7 Å². The molecule has 0 fully saturated rings. The molecule has 3 nitrogen and oxygen atoms in total. The maximum Gasteiger partial charge on any atom is 0.0260 e. The molecule has 0 bridgehead atoms. The molecule has 0 aliphatic heterocycles.